The minimum Gasteiger partial charge on any atom is -0.497 e. The van der Waals surface area contributed by atoms with E-state index >= 15 is 0 Å². The number of nitrogens with zero attached hydrogens (tertiary/aromatic N) is 3. The molecule has 134 valence electrons. The second-order valence-electron chi connectivity index (χ2n) is 6.34. The molecule has 1 aliphatic heterocycles. The zero-order valence-corrected chi connectivity index (χ0v) is 15.5. The number of pyridine rings is 1. The fourth-order valence-corrected chi connectivity index (χ4v) is 4.32. The fraction of sp³-hybridized carbons (Fsp3) is 0.300. The van der Waals surface area contributed by atoms with E-state index in [1.807, 2.05) is 52.0 Å². The molecule has 0 N–H and O–H groups in total. The molecule has 0 bridgehead atoms. The first-order valence-corrected chi connectivity index (χ1v) is 9.73. The van der Waals surface area contributed by atoms with E-state index in [-0.39, 0.29) is 11.9 Å². The van der Waals surface area contributed by atoms with Gasteiger partial charge < -0.3 is 9.64 Å². The maximum atomic E-state index is 12.8. The smallest absolute Gasteiger partial charge is 0.233 e. The number of carbonyl (C=O) groups excluding carboxylic acids is 1. The Balaban J connectivity index is 1.44. The van der Waals surface area contributed by atoms with E-state index in [4.69, 9.17) is 4.74 Å². The van der Waals surface area contributed by atoms with E-state index in [9.17, 15) is 4.79 Å². The number of thioether (sulfide) groups is 1. The largest absolute Gasteiger partial charge is 0.497 e. The predicted molar refractivity (Wildman–Crippen MR) is 103 cm³/mol. The van der Waals surface area contributed by atoms with E-state index in [0.29, 0.717) is 5.75 Å². The predicted octanol–water partition coefficient (Wildman–Crippen LogP) is 3.80. The van der Waals surface area contributed by atoms with Crippen LogP contribution >= 0.6 is 11.8 Å². The SMILES string of the molecule is COc1ccc(C2CCCN2C(=O)CSc2ncc3ccccn23)cc1. The van der Waals surface area contributed by atoms with Crippen LogP contribution < -0.4 is 4.74 Å². The first-order chi connectivity index (χ1) is 12.8. The Morgan fingerprint density at radius 3 is 2.92 bits per heavy atom. The lowest BCUT2D eigenvalue weighted by atomic mass is 10.0. The van der Waals surface area contributed by atoms with Crippen LogP contribution in [-0.4, -0.2) is 39.6 Å². The average molecular weight is 367 g/mol. The second kappa shape index (κ2) is 7.41. The fourth-order valence-electron chi connectivity index (χ4n) is 3.47. The van der Waals surface area contributed by atoms with Gasteiger partial charge in [-0.05, 0) is 42.7 Å². The molecule has 3 aromatic rings. The van der Waals surface area contributed by atoms with Gasteiger partial charge in [0.15, 0.2) is 5.16 Å². The number of fused-ring (bicyclic) bond motifs is 1. The number of benzene rings is 1. The zero-order chi connectivity index (χ0) is 17.9. The zero-order valence-electron chi connectivity index (χ0n) is 14.7. The minimum absolute atomic E-state index is 0.158. The molecule has 1 aliphatic rings. The molecule has 1 unspecified atom stereocenters. The lowest BCUT2D eigenvalue weighted by molar-refractivity contribution is -0.129. The highest BCUT2D eigenvalue weighted by molar-refractivity contribution is 7.99. The van der Waals surface area contributed by atoms with Gasteiger partial charge in [-0.2, -0.15) is 0 Å². The molecule has 4 rings (SSSR count). The third-order valence-corrected chi connectivity index (χ3v) is 5.75. The summed E-state index contributed by atoms with van der Waals surface area (Å²) in [4.78, 5) is 19.3. The van der Waals surface area contributed by atoms with E-state index < -0.39 is 0 Å². The average Bonchev–Trinajstić information content (AvgIpc) is 3.33. The van der Waals surface area contributed by atoms with Gasteiger partial charge in [0.1, 0.15) is 5.75 Å². The van der Waals surface area contributed by atoms with E-state index in [0.717, 1.165) is 35.8 Å². The van der Waals surface area contributed by atoms with Gasteiger partial charge in [-0.3, -0.25) is 9.20 Å². The number of likely N-dealkylation sites (tertiary alicyclic amines) is 1. The Hall–Kier alpha value is -2.47. The van der Waals surface area contributed by atoms with Gasteiger partial charge in [-0.25, -0.2) is 4.98 Å². The van der Waals surface area contributed by atoms with Crippen molar-refractivity contribution in [3.8, 4) is 5.75 Å². The third-order valence-electron chi connectivity index (χ3n) is 4.80. The quantitative estimate of drug-likeness (QED) is 0.644. The summed E-state index contributed by atoms with van der Waals surface area (Å²) in [5.41, 5.74) is 2.22. The van der Waals surface area contributed by atoms with Crippen LogP contribution in [0, 0.1) is 0 Å². The van der Waals surface area contributed by atoms with Crippen molar-refractivity contribution in [2.45, 2.75) is 24.0 Å². The van der Waals surface area contributed by atoms with Crippen molar-refractivity contribution in [1.29, 1.82) is 0 Å². The van der Waals surface area contributed by atoms with Crippen molar-refractivity contribution >= 4 is 23.2 Å². The van der Waals surface area contributed by atoms with Gasteiger partial charge in [0.2, 0.25) is 5.91 Å². The van der Waals surface area contributed by atoms with E-state index in [1.165, 1.54) is 17.3 Å². The highest BCUT2D eigenvalue weighted by atomic mass is 32.2. The van der Waals surface area contributed by atoms with Crippen molar-refractivity contribution in [3.63, 3.8) is 0 Å². The number of imidazole rings is 1. The summed E-state index contributed by atoms with van der Waals surface area (Å²) in [5.74, 6) is 1.41. The molecule has 0 spiro atoms. The standard InChI is InChI=1S/C20H21N3O2S/c1-25-17-9-7-15(8-10-17)18-6-4-12-23(18)19(24)14-26-20-21-13-16-5-2-3-11-22(16)20/h2-3,5,7-11,13,18H,4,6,12,14H2,1H3. The van der Waals surface area contributed by atoms with Crippen LogP contribution in [0.25, 0.3) is 5.52 Å². The van der Waals surface area contributed by atoms with Crippen molar-refractivity contribution in [1.82, 2.24) is 14.3 Å². The van der Waals surface area contributed by atoms with Crippen LogP contribution in [0.4, 0.5) is 0 Å². The van der Waals surface area contributed by atoms with Crippen LogP contribution in [0.15, 0.2) is 60.0 Å². The lowest BCUT2D eigenvalue weighted by Crippen LogP contribution is -2.32. The number of ether oxygens (including phenoxy) is 1. The molecule has 0 aliphatic carbocycles. The van der Waals surface area contributed by atoms with Crippen LogP contribution in [0.5, 0.6) is 5.75 Å². The number of rotatable bonds is 5. The Bertz CT molecular complexity index is 907. The Kier molecular flexibility index (Phi) is 4.84. The second-order valence-corrected chi connectivity index (χ2v) is 7.29. The topological polar surface area (TPSA) is 46.8 Å². The van der Waals surface area contributed by atoms with Gasteiger partial charge in [-0.15, -0.1) is 0 Å². The number of amides is 1. The molecule has 26 heavy (non-hydrogen) atoms. The molecule has 6 heteroatoms. The molecular weight excluding hydrogens is 346 g/mol. The highest BCUT2D eigenvalue weighted by Crippen LogP contribution is 2.33. The van der Waals surface area contributed by atoms with Gasteiger partial charge in [0.25, 0.3) is 0 Å². The Morgan fingerprint density at radius 1 is 1.27 bits per heavy atom. The van der Waals surface area contributed by atoms with Crippen LogP contribution in [0.1, 0.15) is 24.4 Å². The molecule has 0 saturated carbocycles. The van der Waals surface area contributed by atoms with Crippen molar-refractivity contribution in [2.75, 3.05) is 19.4 Å². The molecule has 1 aromatic carbocycles. The normalized spacial score (nSPS) is 17.0. The molecule has 1 saturated heterocycles. The van der Waals surface area contributed by atoms with Gasteiger partial charge >= 0.3 is 0 Å². The molecular formula is C20H21N3O2S. The van der Waals surface area contributed by atoms with Gasteiger partial charge in [-0.1, -0.05) is 30.0 Å². The number of aromatic nitrogens is 2. The monoisotopic (exact) mass is 367 g/mol. The summed E-state index contributed by atoms with van der Waals surface area (Å²) in [6, 6.07) is 14.2. The van der Waals surface area contributed by atoms with Gasteiger partial charge in [0, 0.05) is 12.7 Å². The molecule has 1 atom stereocenters. The molecule has 5 nitrogen and oxygen atoms in total. The molecule has 2 aromatic heterocycles. The maximum Gasteiger partial charge on any atom is 0.233 e. The van der Waals surface area contributed by atoms with Crippen molar-refractivity contribution in [2.24, 2.45) is 0 Å². The first kappa shape index (κ1) is 17.0. The summed E-state index contributed by atoms with van der Waals surface area (Å²) < 4.78 is 7.24. The summed E-state index contributed by atoms with van der Waals surface area (Å²) in [6.07, 6.45) is 5.86. The molecule has 1 amide bonds. The van der Waals surface area contributed by atoms with Crippen molar-refractivity contribution < 1.29 is 9.53 Å². The van der Waals surface area contributed by atoms with Crippen LogP contribution in [0.2, 0.25) is 0 Å². The molecule has 3 heterocycles. The minimum atomic E-state index is 0.158. The number of hydrogen-bond acceptors (Lipinski definition) is 4. The van der Waals surface area contributed by atoms with Crippen LogP contribution in [-0.2, 0) is 4.79 Å². The Morgan fingerprint density at radius 2 is 2.12 bits per heavy atom. The third kappa shape index (κ3) is 3.29. The first-order valence-electron chi connectivity index (χ1n) is 8.74. The summed E-state index contributed by atoms with van der Waals surface area (Å²) in [5, 5.41) is 0.856. The molecule has 1 fully saturated rings. The summed E-state index contributed by atoms with van der Waals surface area (Å²) in [7, 11) is 1.66. The lowest BCUT2D eigenvalue weighted by Gasteiger charge is -2.25. The Labute approximate surface area is 157 Å². The van der Waals surface area contributed by atoms with Gasteiger partial charge in [0.05, 0.1) is 30.6 Å². The van der Waals surface area contributed by atoms with E-state index in [1.54, 1.807) is 7.11 Å². The summed E-state index contributed by atoms with van der Waals surface area (Å²) in [6.45, 7) is 0.818. The van der Waals surface area contributed by atoms with E-state index in [2.05, 4.69) is 17.1 Å². The summed E-state index contributed by atoms with van der Waals surface area (Å²) >= 11 is 1.50. The van der Waals surface area contributed by atoms with Crippen molar-refractivity contribution in [3.05, 3.63) is 60.4 Å². The number of methoxy groups -OCH3 is 1. The van der Waals surface area contributed by atoms with Crippen LogP contribution in [0.3, 0.4) is 0 Å². The number of hydrogen-bond donors (Lipinski definition) is 0. The highest BCUT2D eigenvalue weighted by Gasteiger charge is 2.29. The number of carbonyl (C=O) groups is 1. The maximum absolute atomic E-state index is 12.8. The molecule has 0 radical (unpaired) electrons.